The molecule has 0 amide bonds. The first-order chi connectivity index (χ1) is 13.2. The minimum atomic E-state index is -0.502. The standard InChI is InChI=1S/C22H19ClO4/c23-15-6-5-14-21(24)26-19-12-3-4-13-20(19)27-22(25)18-11-7-9-16-8-1-2-10-17(16)18/h1-4,7-13H,5-6,14-15H2. The number of ether oxygens (including phenoxy) is 2. The van der Waals surface area contributed by atoms with Gasteiger partial charge in [0.15, 0.2) is 11.5 Å². The van der Waals surface area contributed by atoms with E-state index in [0.29, 0.717) is 17.9 Å². The fourth-order valence-corrected chi connectivity index (χ4v) is 2.90. The second kappa shape index (κ2) is 9.19. The van der Waals surface area contributed by atoms with Gasteiger partial charge in [-0.25, -0.2) is 4.79 Å². The highest BCUT2D eigenvalue weighted by Crippen LogP contribution is 2.29. The van der Waals surface area contributed by atoms with Crippen molar-refractivity contribution in [3.8, 4) is 11.5 Å². The first-order valence-corrected chi connectivity index (χ1v) is 9.28. The van der Waals surface area contributed by atoms with E-state index in [1.807, 2.05) is 36.4 Å². The molecule has 0 aromatic heterocycles. The number of alkyl halides is 1. The highest BCUT2D eigenvalue weighted by atomic mass is 35.5. The van der Waals surface area contributed by atoms with Crippen molar-refractivity contribution in [2.75, 3.05) is 5.88 Å². The van der Waals surface area contributed by atoms with Gasteiger partial charge in [0, 0.05) is 12.3 Å². The number of para-hydroxylation sites is 2. The lowest BCUT2D eigenvalue weighted by Crippen LogP contribution is -2.12. The minimum Gasteiger partial charge on any atom is -0.423 e. The summed E-state index contributed by atoms with van der Waals surface area (Å²) in [6.45, 7) is 0. The monoisotopic (exact) mass is 382 g/mol. The molecule has 0 atom stereocenters. The van der Waals surface area contributed by atoms with E-state index in [-0.39, 0.29) is 23.9 Å². The van der Waals surface area contributed by atoms with Crippen LogP contribution in [-0.4, -0.2) is 17.8 Å². The van der Waals surface area contributed by atoms with Crippen molar-refractivity contribution < 1.29 is 19.1 Å². The van der Waals surface area contributed by atoms with Gasteiger partial charge in [0.05, 0.1) is 5.56 Å². The van der Waals surface area contributed by atoms with Gasteiger partial charge in [-0.3, -0.25) is 4.79 Å². The molecule has 4 nitrogen and oxygen atoms in total. The second-order valence-corrected chi connectivity index (χ2v) is 6.36. The number of halogens is 1. The summed E-state index contributed by atoms with van der Waals surface area (Å²) < 4.78 is 10.9. The molecule has 0 fully saturated rings. The molecule has 0 bridgehead atoms. The molecule has 0 aliphatic carbocycles. The average Bonchev–Trinajstić information content (AvgIpc) is 2.69. The Morgan fingerprint density at radius 1 is 0.778 bits per heavy atom. The van der Waals surface area contributed by atoms with Crippen LogP contribution in [0.2, 0.25) is 0 Å². The van der Waals surface area contributed by atoms with Gasteiger partial charge in [-0.05, 0) is 41.8 Å². The van der Waals surface area contributed by atoms with Crippen LogP contribution in [0.1, 0.15) is 29.6 Å². The molecule has 0 spiro atoms. The fourth-order valence-electron chi connectivity index (χ4n) is 2.71. The van der Waals surface area contributed by atoms with Gasteiger partial charge in [0.25, 0.3) is 0 Å². The first-order valence-electron chi connectivity index (χ1n) is 8.74. The molecule has 27 heavy (non-hydrogen) atoms. The molecular formula is C22H19ClO4. The largest absolute Gasteiger partial charge is 0.423 e. The molecule has 0 unspecified atom stereocenters. The number of carbonyl (C=O) groups excluding carboxylic acids is 2. The van der Waals surface area contributed by atoms with Crippen molar-refractivity contribution in [3.05, 3.63) is 72.3 Å². The van der Waals surface area contributed by atoms with E-state index in [4.69, 9.17) is 21.1 Å². The Morgan fingerprint density at radius 3 is 2.22 bits per heavy atom. The van der Waals surface area contributed by atoms with Crippen molar-refractivity contribution in [3.63, 3.8) is 0 Å². The number of fused-ring (bicyclic) bond motifs is 1. The summed E-state index contributed by atoms with van der Waals surface area (Å²) in [5, 5.41) is 1.76. The smallest absolute Gasteiger partial charge is 0.344 e. The molecule has 0 aliphatic rings. The number of hydrogen-bond donors (Lipinski definition) is 0. The normalized spacial score (nSPS) is 10.6. The van der Waals surface area contributed by atoms with E-state index >= 15 is 0 Å². The lowest BCUT2D eigenvalue weighted by molar-refractivity contribution is -0.134. The summed E-state index contributed by atoms with van der Waals surface area (Å²) in [5.74, 6) is 0.0567. The molecule has 3 aromatic carbocycles. The first kappa shape index (κ1) is 18.9. The van der Waals surface area contributed by atoms with Crippen LogP contribution in [0.15, 0.2) is 66.7 Å². The van der Waals surface area contributed by atoms with E-state index in [2.05, 4.69) is 0 Å². The maximum Gasteiger partial charge on any atom is 0.344 e. The number of esters is 2. The van der Waals surface area contributed by atoms with Crippen molar-refractivity contribution in [1.29, 1.82) is 0 Å². The van der Waals surface area contributed by atoms with Crippen LogP contribution < -0.4 is 9.47 Å². The molecule has 5 heteroatoms. The molecule has 0 N–H and O–H groups in total. The number of rotatable bonds is 7. The van der Waals surface area contributed by atoms with Crippen molar-refractivity contribution in [1.82, 2.24) is 0 Å². The predicted octanol–water partition coefficient (Wildman–Crippen LogP) is 5.37. The Hall–Kier alpha value is -2.85. The van der Waals surface area contributed by atoms with Gasteiger partial charge in [-0.2, -0.15) is 0 Å². The molecule has 0 radical (unpaired) electrons. The second-order valence-electron chi connectivity index (χ2n) is 5.98. The zero-order valence-corrected chi connectivity index (χ0v) is 15.4. The van der Waals surface area contributed by atoms with Crippen LogP contribution in [0.3, 0.4) is 0 Å². The Balaban J connectivity index is 1.77. The maximum absolute atomic E-state index is 12.7. The van der Waals surface area contributed by atoms with E-state index in [1.54, 1.807) is 30.3 Å². The molecule has 138 valence electrons. The van der Waals surface area contributed by atoms with E-state index in [0.717, 1.165) is 17.2 Å². The number of benzene rings is 3. The van der Waals surface area contributed by atoms with Gasteiger partial charge in [0.2, 0.25) is 0 Å². The number of hydrogen-bond acceptors (Lipinski definition) is 4. The van der Waals surface area contributed by atoms with Crippen LogP contribution in [0, 0.1) is 0 Å². The summed E-state index contributed by atoms with van der Waals surface area (Å²) in [4.78, 5) is 24.7. The number of carbonyl (C=O) groups is 2. The predicted molar refractivity (Wildman–Crippen MR) is 106 cm³/mol. The lowest BCUT2D eigenvalue weighted by atomic mass is 10.0. The Labute approximate surface area is 162 Å². The van der Waals surface area contributed by atoms with Gasteiger partial charge >= 0.3 is 11.9 Å². The SMILES string of the molecule is O=C(CCCCCl)Oc1ccccc1OC(=O)c1cccc2ccccc12. The molecule has 0 heterocycles. The van der Waals surface area contributed by atoms with Gasteiger partial charge in [0.1, 0.15) is 0 Å². The van der Waals surface area contributed by atoms with Gasteiger partial charge < -0.3 is 9.47 Å². The van der Waals surface area contributed by atoms with Crippen LogP contribution in [0.5, 0.6) is 11.5 Å². The van der Waals surface area contributed by atoms with E-state index in [9.17, 15) is 9.59 Å². The molecule has 3 aromatic rings. The van der Waals surface area contributed by atoms with Crippen molar-refractivity contribution >= 4 is 34.3 Å². The highest BCUT2D eigenvalue weighted by Gasteiger charge is 2.16. The van der Waals surface area contributed by atoms with Gasteiger partial charge in [-0.15, -0.1) is 11.6 Å². The van der Waals surface area contributed by atoms with Crippen LogP contribution >= 0.6 is 11.6 Å². The summed E-state index contributed by atoms with van der Waals surface area (Å²) >= 11 is 5.62. The third-order valence-electron chi connectivity index (χ3n) is 4.05. The molecule has 0 saturated carbocycles. The Bertz CT molecular complexity index is 946. The van der Waals surface area contributed by atoms with E-state index in [1.165, 1.54) is 0 Å². The fraction of sp³-hybridized carbons (Fsp3) is 0.182. The summed E-state index contributed by atoms with van der Waals surface area (Å²) in [6, 6.07) is 19.7. The maximum atomic E-state index is 12.7. The quantitative estimate of drug-likeness (QED) is 0.238. The number of unbranched alkanes of at least 4 members (excludes halogenated alkanes) is 1. The highest BCUT2D eigenvalue weighted by molar-refractivity contribution is 6.17. The van der Waals surface area contributed by atoms with Gasteiger partial charge in [-0.1, -0.05) is 48.5 Å². The lowest BCUT2D eigenvalue weighted by Gasteiger charge is -2.11. The van der Waals surface area contributed by atoms with Crippen molar-refractivity contribution in [2.45, 2.75) is 19.3 Å². The van der Waals surface area contributed by atoms with Crippen LogP contribution in [0.25, 0.3) is 10.8 Å². The zero-order chi connectivity index (χ0) is 19.1. The van der Waals surface area contributed by atoms with Crippen LogP contribution in [0.4, 0.5) is 0 Å². The third kappa shape index (κ3) is 4.86. The molecule has 0 aliphatic heterocycles. The summed E-state index contributed by atoms with van der Waals surface area (Å²) in [5.41, 5.74) is 0.455. The average molecular weight is 383 g/mol. The Kier molecular flexibility index (Phi) is 6.44. The molecular weight excluding hydrogens is 364 g/mol. The Morgan fingerprint density at radius 2 is 1.44 bits per heavy atom. The third-order valence-corrected chi connectivity index (χ3v) is 4.32. The summed E-state index contributed by atoms with van der Waals surface area (Å²) in [7, 11) is 0. The topological polar surface area (TPSA) is 52.6 Å². The minimum absolute atomic E-state index is 0.209. The molecule has 3 rings (SSSR count). The van der Waals surface area contributed by atoms with E-state index < -0.39 is 5.97 Å². The molecule has 0 saturated heterocycles. The zero-order valence-electron chi connectivity index (χ0n) is 14.7. The van der Waals surface area contributed by atoms with Crippen molar-refractivity contribution in [2.24, 2.45) is 0 Å². The van der Waals surface area contributed by atoms with Crippen LogP contribution in [-0.2, 0) is 4.79 Å². The summed E-state index contributed by atoms with van der Waals surface area (Å²) in [6.07, 6.45) is 1.66.